The Balaban J connectivity index is 0.000000686. The molecule has 0 saturated carbocycles. The molecule has 1 aromatic carbocycles. The molecule has 0 radical (unpaired) electrons. The molecular formula is C15H20ClN. The highest BCUT2D eigenvalue weighted by molar-refractivity contribution is 6.31. The molecule has 1 heterocycles. The lowest BCUT2D eigenvalue weighted by Crippen LogP contribution is -2.13. The predicted octanol–water partition coefficient (Wildman–Crippen LogP) is 5.21. The highest BCUT2D eigenvalue weighted by Gasteiger charge is 2.15. The van der Waals surface area contributed by atoms with Crippen molar-refractivity contribution in [2.45, 2.75) is 40.0 Å². The fourth-order valence-electron chi connectivity index (χ4n) is 1.51. The van der Waals surface area contributed by atoms with Gasteiger partial charge in [-0.1, -0.05) is 52.3 Å². The molecule has 0 aliphatic heterocycles. The van der Waals surface area contributed by atoms with Gasteiger partial charge < -0.3 is 0 Å². The summed E-state index contributed by atoms with van der Waals surface area (Å²) in [5.74, 6) is 0. The van der Waals surface area contributed by atoms with Crippen LogP contribution in [0.4, 0.5) is 0 Å². The fourth-order valence-corrected chi connectivity index (χ4v) is 1.69. The van der Waals surface area contributed by atoms with Crippen LogP contribution in [0.3, 0.4) is 0 Å². The van der Waals surface area contributed by atoms with Gasteiger partial charge in [0.25, 0.3) is 0 Å². The minimum atomic E-state index is 0.0911. The maximum absolute atomic E-state index is 5.92. The van der Waals surface area contributed by atoms with Crippen molar-refractivity contribution >= 4 is 22.5 Å². The Morgan fingerprint density at radius 1 is 1.00 bits per heavy atom. The average molecular weight is 250 g/mol. The Labute approximate surface area is 109 Å². The average Bonchev–Trinajstić information content (AvgIpc) is 2.29. The van der Waals surface area contributed by atoms with E-state index in [2.05, 4.69) is 37.9 Å². The van der Waals surface area contributed by atoms with Crippen LogP contribution in [0.15, 0.2) is 30.3 Å². The number of fused-ring (bicyclic) bond motifs is 1. The second kappa shape index (κ2) is 5.50. The third-order valence-electron chi connectivity index (χ3n) is 2.42. The quantitative estimate of drug-likeness (QED) is 0.624. The van der Waals surface area contributed by atoms with Crippen LogP contribution in [-0.2, 0) is 5.41 Å². The number of hydrogen-bond acceptors (Lipinski definition) is 1. The topological polar surface area (TPSA) is 12.9 Å². The van der Waals surface area contributed by atoms with E-state index in [4.69, 9.17) is 11.6 Å². The molecule has 0 unspecified atom stereocenters. The Morgan fingerprint density at radius 2 is 1.65 bits per heavy atom. The van der Waals surface area contributed by atoms with E-state index >= 15 is 0 Å². The smallest absolute Gasteiger partial charge is 0.0706 e. The van der Waals surface area contributed by atoms with E-state index < -0.39 is 0 Å². The van der Waals surface area contributed by atoms with Crippen LogP contribution in [0.5, 0.6) is 0 Å². The monoisotopic (exact) mass is 249 g/mol. The van der Waals surface area contributed by atoms with Crippen LogP contribution in [0.1, 0.15) is 40.3 Å². The molecule has 1 nitrogen and oxygen atoms in total. The zero-order chi connectivity index (χ0) is 13.1. The first kappa shape index (κ1) is 14.0. The van der Waals surface area contributed by atoms with Crippen molar-refractivity contribution in [3.05, 3.63) is 41.0 Å². The van der Waals surface area contributed by atoms with Crippen molar-refractivity contribution in [2.75, 3.05) is 0 Å². The molecule has 92 valence electrons. The van der Waals surface area contributed by atoms with Gasteiger partial charge in [0.05, 0.1) is 5.52 Å². The molecule has 0 aliphatic rings. The summed E-state index contributed by atoms with van der Waals surface area (Å²) in [6, 6.07) is 9.93. The number of nitrogens with zero attached hydrogens (tertiary/aromatic N) is 1. The fraction of sp³-hybridized carbons (Fsp3) is 0.400. The summed E-state index contributed by atoms with van der Waals surface area (Å²) < 4.78 is 0. The first-order valence-corrected chi connectivity index (χ1v) is 6.41. The van der Waals surface area contributed by atoms with Crippen molar-refractivity contribution in [1.82, 2.24) is 4.98 Å². The van der Waals surface area contributed by atoms with Crippen molar-refractivity contribution in [3.63, 3.8) is 0 Å². The van der Waals surface area contributed by atoms with Gasteiger partial charge in [-0.3, -0.25) is 4.98 Å². The zero-order valence-corrected chi connectivity index (χ0v) is 12.0. The first-order valence-electron chi connectivity index (χ1n) is 6.03. The predicted molar refractivity (Wildman–Crippen MR) is 76.8 cm³/mol. The summed E-state index contributed by atoms with van der Waals surface area (Å²) in [6.07, 6.45) is 0. The molecule has 0 spiro atoms. The third-order valence-corrected chi connectivity index (χ3v) is 2.65. The number of benzene rings is 1. The van der Waals surface area contributed by atoms with Crippen LogP contribution in [0.25, 0.3) is 10.9 Å². The minimum Gasteiger partial charge on any atom is -0.252 e. The van der Waals surface area contributed by atoms with Crippen LogP contribution >= 0.6 is 11.6 Å². The molecule has 0 fully saturated rings. The highest BCUT2D eigenvalue weighted by Crippen LogP contribution is 2.24. The Bertz CT molecular complexity index is 498. The van der Waals surface area contributed by atoms with E-state index in [0.717, 1.165) is 21.6 Å². The molecule has 0 amide bonds. The van der Waals surface area contributed by atoms with Crippen LogP contribution in [-0.4, -0.2) is 4.98 Å². The van der Waals surface area contributed by atoms with E-state index in [1.165, 1.54) is 0 Å². The number of pyridine rings is 1. The lowest BCUT2D eigenvalue weighted by Gasteiger charge is -2.17. The van der Waals surface area contributed by atoms with Gasteiger partial charge in [-0.05, 0) is 24.3 Å². The van der Waals surface area contributed by atoms with Gasteiger partial charge >= 0.3 is 0 Å². The van der Waals surface area contributed by atoms with Gasteiger partial charge in [-0.25, -0.2) is 0 Å². The minimum absolute atomic E-state index is 0.0911. The maximum atomic E-state index is 5.92. The van der Waals surface area contributed by atoms with Crippen molar-refractivity contribution in [1.29, 1.82) is 0 Å². The third kappa shape index (κ3) is 3.44. The molecule has 0 bridgehead atoms. The van der Waals surface area contributed by atoms with Gasteiger partial charge in [0.15, 0.2) is 0 Å². The molecular weight excluding hydrogens is 230 g/mol. The first-order chi connectivity index (χ1) is 7.97. The van der Waals surface area contributed by atoms with E-state index in [9.17, 15) is 0 Å². The van der Waals surface area contributed by atoms with Crippen LogP contribution in [0.2, 0.25) is 5.02 Å². The maximum Gasteiger partial charge on any atom is 0.0706 e. The van der Waals surface area contributed by atoms with E-state index in [-0.39, 0.29) is 5.41 Å². The summed E-state index contributed by atoms with van der Waals surface area (Å²) in [5.41, 5.74) is 2.21. The molecule has 0 saturated heterocycles. The Hall–Kier alpha value is -1.08. The number of rotatable bonds is 0. The summed E-state index contributed by atoms with van der Waals surface area (Å²) in [4.78, 5) is 4.63. The van der Waals surface area contributed by atoms with E-state index in [0.29, 0.717) is 0 Å². The zero-order valence-electron chi connectivity index (χ0n) is 11.2. The van der Waals surface area contributed by atoms with E-state index in [1.54, 1.807) is 0 Å². The van der Waals surface area contributed by atoms with Gasteiger partial charge in [-0.2, -0.15) is 0 Å². The second-order valence-electron chi connectivity index (χ2n) is 4.78. The number of aromatic nitrogens is 1. The van der Waals surface area contributed by atoms with Gasteiger partial charge in [0, 0.05) is 21.5 Å². The van der Waals surface area contributed by atoms with Crippen molar-refractivity contribution < 1.29 is 0 Å². The van der Waals surface area contributed by atoms with E-state index in [1.807, 2.05) is 32.0 Å². The lowest BCUT2D eigenvalue weighted by atomic mass is 9.91. The SMILES string of the molecule is CC.CC(C)(C)c1ccc2cc(Cl)ccc2n1. The summed E-state index contributed by atoms with van der Waals surface area (Å²) in [5, 5.41) is 1.85. The van der Waals surface area contributed by atoms with Crippen LogP contribution < -0.4 is 0 Å². The highest BCUT2D eigenvalue weighted by atomic mass is 35.5. The largest absolute Gasteiger partial charge is 0.252 e. The number of hydrogen-bond donors (Lipinski definition) is 0. The second-order valence-corrected chi connectivity index (χ2v) is 5.22. The molecule has 0 aliphatic carbocycles. The van der Waals surface area contributed by atoms with Crippen LogP contribution in [0, 0.1) is 0 Å². The van der Waals surface area contributed by atoms with Crippen molar-refractivity contribution in [3.8, 4) is 0 Å². The Morgan fingerprint density at radius 3 is 2.24 bits per heavy atom. The van der Waals surface area contributed by atoms with Gasteiger partial charge in [0.2, 0.25) is 0 Å². The van der Waals surface area contributed by atoms with Gasteiger partial charge in [0.1, 0.15) is 0 Å². The molecule has 1 aromatic heterocycles. The Kier molecular flexibility index (Phi) is 4.53. The normalized spacial score (nSPS) is 10.9. The standard InChI is InChI=1S/C13H14ClN.C2H6/c1-13(2,3)12-7-4-9-8-10(14)5-6-11(9)15-12;1-2/h4-8H,1-3H3;1-2H3. The summed E-state index contributed by atoms with van der Waals surface area (Å²) in [6.45, 7) is 10.5. The van der Waals surface area contributed by atoms with Gasteiger partial charge in [-0.15, -0.1) is 0 Å². The summed E-state index contributed by atoms with van der Waals surface area (Å²) >= 11 is 5.92. The molecule has 0 N–H and O–H groups in total. The lowest BCUT2D eigenvalue weighted by molar-refractivity contribution is 0.571. The number of halogens is 1. The van der Waals surface area contributed by atoms with Crippen molar-refractivity contribution in [2.24, 2.45) is 0 Å². The molecule has 0 atom stereocenters. The summed E-state index contributed by atoms with van der Waals surface area (Å²) in [7, 11) is 0. The molecule has 2 aromatic rings. The molecule has 2 rings (SSSR count). The molecule has 17 heavy (non-hydrogen) atoms. The molecule has 2 heteroatoms.